The number of hydrogen-bond acceptors (Lipinski definition) is 5. The average molecular weight is 400 g/mol. The van der Waals surface area contributed by atoms with Crippen molar-refractivity contribution < 1.29 is 9.53 Å². The molecule has 3 rings (SSSR count). The number of nitrogens with zero attached hydrogens (tertiary/aromatic N) is 3. The number of piperidine rings is 1. The third-order valence-electron chi connectivity index (χ3n) is 4.27. The monoisotopic (exact) mass is 399 g/mol. The number of amides is 1. The van der Waals surface area contributed by atoms with E-state index in [4.69, 9.17) is 16.3 Å². The van der Waals surface area contributed by atoms with Gasteiger partial charge in [0.25, 0.3) is 5.91 Å². The van der Waals surface area contributed by atoms with Gasteiger partial charge in [0.1, 0.15) is 12.4 Å². The fourth-order valence-electron chi connectivity index (χ4n) is 2.90. The standard InChI is InChI=1S/C17H22ClN5O2.ClH/c1-12-16(21-22-23(12)14-6-8-19-9-7-14)17(24)20-10-11-25-15-4-2-13(18)3-5-15;/h2-5,14,19H,6-11H2,1H3,(H,20,24);1H. The van der Waals surface area contributed by atoms with Gasteiger partial charge >= 0.3 is 0 Å². The molecule has 1 aliphatic heterocycles. The highest BCUT2D eigenvalue weighted by Gasteiger charge is 2.22. The summed E-state index contributed by atoms with van der Waals surface area (Å²) in [6, 6.07) is 7.41. The van der Waals surface area contributed by atoms with Crippen LogP contribution in [0.3, 0.4) is 0 Å². The van der Waals surface area contributed by atoms with Crippen molar-refractivity contribution in [3.63, 3.8) is 0 Å². The van der Waals surface area contributed by atoms with Crippen molar-refractivity contribution in [1.29, 1.82) is 0 Å². The lowest BCUT2D eigenvalue weighted by atomic mass is 10.1. The fraction of sp³-hybridized carbons (Fsp3) is 0.471. The van der Waals surface area contributed by atoms with Gasteiger partial charge in [-0.2, -0.15) is 0 Å². The maximum atomic E-state index is 12.3. The van der Waals surface area contributed by atoms with Gasteiger partial charge in [0, 0.05) is 5.02 Å². The molecule has 1 fully saturated rings. The summed E-state index contributed by atoms with van der Waals surface area (Å²) in [7, 11) is 0. The molecule has 2 heterocycles. The first kappa shape index (κ1) is 20.5. The Hall–Kier alpha value is -1.83. The van der Waals surface area contributed by atoms with Crippen molar-refractivity contribution in [3.05, 3.63) is 40.7 Å². The van der Waals surface area contributed by atoms with E-state index in [2.05, 4.69) is 20.9 Å². The Labute approximate surface area is 163 Å². The number of benzene rings is 1. The van der Waals surface area contributed by atoms with Gasteiger partial charge in [-0.15, -0.1) is 17.5 Å². The van der Waals surface area contributed by atoms with Crippen LogP contribution in [0.5, 0.6) is 5.75 Å². The van der Waals surface area contributed by atoms with E-state index in [-0.39, 0.29) is 18.3 Å². The van der Waals surface area contributed by atoms with E-state index < -0.39 is 0 Å². The summed E-state index contributed by atoms with van der Waals surface area (Å²) in [5.41, 5.74) is 1.19. The minimum atomic E-state index is -0.225. The van der Waals surface area contributed by atoms with Crippen molar-refractivity contribution >= 4 is 29.9 Å². The number of aromatic nitrogens is 3. The Morgan fingerprint density at radius 1 is 1.35 bits per heavy atom. The van der Waals surface area contributed by atoms with E-state index in [1.807, 2.05) is 11.6 Å². The normalized spacial score (nSPS) is 14.5. The molecule has 1 amide bonds. The molecule has 26 heavy (non-hydrogen) atoms. The zero-order chi connectivity index (χ0) is 17.6. The van der Waals surface area contributed by atoms with E-state index in [1.165, 1.54) is 0 Å². The van der Waals surface area contributed by atoms with Gasteiger partial charge < -0.3 is 15.4 Å². The van der Waals surface area contributed by atoms with Crippen molar-refractivity contribution in [2.75, 3.05) is 26.2 Å². The second kappa shape index (κ2) is 9.75. The molecule has 7 nitrogen and oxygen atoms in total. The van der Waals surface area contributed by atoms with Gasteiger partial charge in [-0.25, -0.2) is 4.68 Å². The molecule has 0 unspecified atom stereocenters. The Balaban J connectivity index is 0.00000243. The van der Waals surface area contributed by atoms with E-state index in [0.717, 1.165) is 31.6 Å². The Morgan fingerprint density at radius 3 is 2.73 bits per heavy atom. The smallest absolute Gasteiger partial charge is 0.273 e. The number of hydrogen-bond donors (Lipinski definition) is 2. The van der Waals surface area contributed by atoms with Crippen LogP contribution < -0.4 is 15.4 Å². The first-order chi connectivity index (χ1) is 12.1. The number of carbonyl (C=O) groups excluding carboxylic acids is 1. The summed E-state index contributed by atoms with van der Waals surface area (Å²) in [5.74, 6) is 0.490. The second-order valence-electron chi connectivity index (χ2n) is 6.01. The van der Waals surface area contributed by atoms with Crippen molar-refractivity contribution in [2.45, 2.75) is 25.8 Å². The Bertz CT molecular complexity index is 714. The van der Waals surface area contributed by atoms with E-state index in [9.17, 15) is 4.79 Å². The molecule has 2 aromatic rings. The topological polar surface area (TPSA) is 81.1 Å². The summed E-state index contributed by atoms with van der Waals surface area (Å²) >= 11 is 5.82. The van der Waals surface area contributed by atoms with Gasteiger partial charge in [-0.05, 0) is 57.1 Å². The van der Waals surface area contributed by atoms with Crippen LogP contribution in [0.15, 0.2) is 24.3 Å². The largest absolute Gasteiger partial charge is 0.492 e. The van der Waals surface area contributed by atoms with Crippen molar-refractivity contribution in [3.8, 4) is 5.75 Å². The maximum absolute atomic E-state index is 12.3. The number of ether oxygens (including phenoxy) is 1. The zero-order valence-electron chi connectivity index (χ0n) is 14.6. The van der Waals surface area contributed by atoms with E-state index >= 15 is 0 Å². The third kappa shape index (κ3) is 5.09. The molecule has 0 bridgehead atoms. The molecule has 1 aliphatic rings. The Morgan fingerprint density at radius 2 is 2.04 bits per heavy atom. The number of halogens is 2. The van der Waals surface area contributed by atoms with Crippen LogP contribution in [-0.2, 0) is 0 Å². The van der Waals surface area contributed by atoms with Crippen molar-refractivity contribution in [2.24, 2.45) is 0 Å². The van der Waals surface area contributed by atoms with Crippen LogP contribution in [-0.4, -0.2) is 47.1 Å². The zero-order valence-corrected chi connectivity index (χ0v) is 16.1. The molecule has 0 saturated carbocycles. The SMILES string of the molecule is Cc1c(C(=O)NCCOc2ccc(Cl)cc2)nnn1C1CCNCC1.Cl. The van der Waals surface area contributed by atoms with E-state index in [0.29, 0.717) is 35.7 Å². The first-order valence-electron chi connectivity index (χ1n) is 8.44. The quantitative estimate of drug-likeness (QED) is 0.728. The lowest BCUT2D eigenvalue weighted by Crippen LogP contribution is -2.31. The van der Waals surface area contributed by atoms with Gasteiger partial charge in [-0.1, -0.05) is 16.8 Å². The van der Waals surface area contributed by atoms with Crippen LogP contribution in [0.4, 0.5) is 0 Å². The Kier molecular flexibility index (Phi) is 7.68. The summed E-state index contributed by atoms with van der Waals surface area (Å²) in [6.45, 7) is 4.58. The minimum Gasteiger partial charge on any atom is -0.492 e. The number of nitrogens with one attached hydrogen (secondary N) is 2. The second-order valence-corrected chi connectivity index (χ2v) is 6.44. The summed E-state index contributed by atoms with van der Waals surface area (Å²) < 4.78 is 7.43. The molecule has 0 radical (unpaired) electrons. The summed E-state index contributed by atoms with van der Waals surface area (Å²) in [5, 5.41) is 15.0. The molecule has 1 saturated heterocycles. The van der Waals surface area contributed by atoms with Crippen molar-refractivity contribution in [1.82, 2.24) is 25.6 Å². The molecule has 142 valence electrons. The molecule has 9 heteroatoms. The number of rotatable bonds is 6. The predicted molar refractivity (Wildman–Crippen MR) is 102 cm³/mol. The fourth-order valence-corrected chi connectivity index (χ4v) is 3.02. The first-order valence-corrected chi connectivity index (χ1v) is 8.82. The highest BCUT2D eigenvalue weighted by atomic mass is 35.5. The van der Waals surface area contributed by atoms with Crippen LogP contribution >= 0.6 is 24.0 Å². The molecule has 1 aromatic carbocycles. The minimum absolute atomic E-state index is 0. The number of carbonyl (C=O) groups is 1. The van der Waals surface area contributed by atoms with Gasteiger partial charge in [0.15, 0.2) is 5.69 Å². The average Bonchev–Trinajstić information content (AvgIpc) is 3.02. The molecule has 0 aliphatic carbocycles. The van der Waals surface area contributed by atoms with Gasteiger partial charge in [-0.3, -0.25) is 4.79 Å². The van der Waals surface area contributed by atoms with Gasteiger partial charge in [0.2, 0.25) is 0 Å². The molecular weight excluding hydrogens is 377 g/mol. The molecule has 0 spiro atoms. The molecule has 0 atom stereocenters. The lowest BCUT2D eigenvalue weighted by Gasteiger charge is -2.23. The summed E-state index contributed by atoms with van der Waals surface area (Å²) in [6.07, 6.45) is 2.00. The van der Waals surface area contributed by atoms with E-state index in [1.54, 1.807) is 24.3 Å². The third-order valence-corrected chi connectivity index (χ3v) is 4.52. The predicted octanol–water partition coefficient (Wildman–Crippen LogP) is 2.40. The van der Waals surface area contributed by atoms with Crippen LogP contribution in [0.25, 0.3) is 0 Å². The molecule has 1 aromatic heterocycles. The lowest BCUT2D eigenvalue weighted by molar-refractivity contribution is 0.0941. The van der Waals surface area contributed by atoms with Gasteiger partial charge in [0.05, 0.1) is 18.3 Å². The summed E-state index contributed by atoms with van der Waals surface area (Å²) in [4.78, 5) is 12.3. The maximum Gasteiger partial charge on any atom is 0.273 e. The molecule has 2 N–H and O–H groups in total. The highest BCUT2D eigenvalue weighted by Crippen LogP contribution is 2.20. The van der Waals surface area contributed by atoms with Crippen LogP contribution in [0.2, 0.25) is 5.02 Å². The molecular formula is C17H23Cl2N5O2. The highest BCUT2D eigenvalue weighted by molar-refractivity contribution is 6.30. The van der Waals surface area contributed by atoms with Crippen LogP contribution in [0.1, 0.15) is 35.1 Å². The van der Waals surface area contributed by atoms with Crippen LogP contribution in [0, 0.1) is 6.92 Å².